The minimum atomic E-state index is -0.417. The van der Waals surface area contributed by atoms with Gasteiger partial charge in [-0.25, -0.2) is 4.79 Å². The predicted octanol–water partition coefficient (Wildman–Crippen LogP) is -0.0295. The summed E-state index contributed by atoms with van der Waals surface area (Å²) in [5.41, 5.74) is -0.0751. The monoisotopic (exact) mass is 305 g/mol. The Balaban J connectivity index is 2.30. The van der Waals surface area contributed by atoms with E-state index in [9.17, 15) is 14.4 Å². The van der Waals surface area contributed by atoms with Crippen molar-refractivity contribution in [3.05, 3.63) is 20.8 Å². The van der Waals surface area contributed by atoms with Gasteiger partial charge in [0.05, 0.1) is 0 Å². The fourth-order valence-corrected chi connectivity index (χ4v) is 2.85. The molecule has 8 nitrogen and oxygen atoms in total. The lowest BCUT2D eigenvalue weighted by Gasteiger charge is -2.26. The Labute approximate surface area is 126 Å². The first-order chi connectivity index (χ1) is 10.5. The van der Waals surface area contributed by atoms with Gasteiger partial charge in [0, 0.05) is 33.6 Å². The molecular formula is C14H19N5O3. The topological polar surface area (TPSA) is 82.1 Å². The molecule has 118 valence electrons. The van der Waals surface area contributed by atoms with Crippen LogP contribution in [0.25, 0.3) is 11.2 Å². The highest BCUT2D eigenvalue weighted by atomic mass is 16.2. The van der Waals surface area contributed by atoms with Crippen molar-refractivity contribution in [3.8, 4) is 0 Å². The maximum Gasteiger partial charge on any atom is 0.332 e. The van der Waals surface area contributed by atoms with Crippen LogP contribution in [0, 0.1) is 0 Å². The largest absolute Gasteiger partial charge is 0.332 e. The van der Waals surface area contributed by atoms with E-state index >= 15 is 0 Å². The summed E-state index contributed by atoms with van der Waals surface area (Å²) in [7, 11) is 3.04. The Morgan fingerprint density at radius 3 is 2.55 bits per heavy atom. The first kappa shape index (κ1) is 14.6. The van der Waals surface area contributed by atoms with Crippen molar-refractivity contribution < 1.29 is 4.79 Å². The third-order valence-corrected chi connectivity index (χ3v) is 4.15. The second-order valence-electron chi connectivity index (χ2n) is 5.59. The molecule has 2 aromatic rings. The van der Waals surface area contributed by atoms with Crippen molar-refractivity contribution in [2.45, 2.75) is 32.7 Å². The number of aromatic nitrogens is 4. The number of imidazole rings is 1. The molecule has 1 amide bonds. The number of aryl methyl sites for hydroxylation is 2. The Kier molecular flexibility index (Phi) is 3.38. The number of rotatable bonds is 3. The molecule has 3 rings (SSSR count). The highest BCUT2D eigenvalue weighted by molar-refractivity contribution is 5.95. The highest BCUT2D eigenvalue weighted by Gasteiger charge is 2.29. The van der Waals surface area contributed by atoms with Gasteiger partial charge in [-0.3, -0.25) is 23.6 Å². The third-order valence-electron chi connectivity index (χ3n) is 4.15. The zero-order valence-electron chi connectivity index (χ0n) is 13.0. The Morgan fingerprint density at radius 1 is 1.14 bits per heavy atom. The summed E-state index contributed by atoms with van der Waals surface area (Å²) in [6.07, 6.45) is 2.17. The van der Waals surface area contributed by atoms with Crippen molar-refractivity contribution in [2.24, 2.45) is 14.1 Å². The predicted molar refractivity (Wildman–Crippen MR) is 82.1 cm³/mol. The van der Waals surface area contributed by atoms with Gasteiger partial charge in [-0.15, -0.1) is 0 Å². The van der Waals surface area contributed by atoms with Gasteiger partial charge >= 0.3 is 5.69 Å². The second kappa shape index (κ2) is 5.11. The van der Waals surface area contributed by atoms with E-state index in [0.29, 0.717) is 36.6 Å². The molecule has 0 aliphatic carbocycles. The van der Waals surface area contributed by atoms with E-state index < -0.39 is 5.69 Å². The molecule has 0 saturated carbocycles. The third kappa shape index (κ3) is 1.90. The van der Waals surface area contributed by atoms with E-state index in [-0.39, 0.29) is 11.5 Å². The molecule has 3 heterocycles. The first-order valence-electron chi connectivity index (χ1n) is 7.44. The van der Waals surface area contributed by atoms with Gasteiger partial charge in [-0.2, -0.15) is 4.98 Å². The van der Waals surface area contributed by atoms with Crippen molar-refractivity contribution in [3.63, 3.8) is 0 Å². The average Bonchev–Trinajstić information content (AvgIpc) is 2.89. The summed E-state index contributed by atoms with van der Waals surface area (Å²) < 4.78 is 4.18. The minimum absolute atomic E-state index is 0.0121. The summed E-state index contributed by atoms with van der Waals surface area (Å²) in [6.45, 7) is 3.05. The number of hydrogen-bond acceptors (Lipinski definition) is 4. The second-order valence-corrected chi connectivity index (χ2v) is 5.59. The van der Waals surface area contributed by atoms with Gasteiger partial charge in [0.2, 0.25) is 11.9 Å². The van der Waals surface area contributed by atoms with Crippen molar-refractivity contribution in [2.75, 3.05) is 11.4 Å². The number of carbonyl (C=O) groups is 1. The number of anilines is 1. The Morgan fingerprint density at radius 2 is 1.86 bits per heavy atom. The molecule has 0 spiro atoms. The van der Waals surface area contributed by atoms with Crippen LogP contribution in [0.15, 0.2) is 9.59 Å². The van der Waals surface area contributed by atoms with E-state index in [1.54, 1.807) is 16.5 Å². The summed E-state index contributed by atoms with van der Waals surface area (Å²) in [4.78, 5) is 42.7. The first-order valence-corrected chi connectivity index (χ1v) is 7.44. The number of carbonyl (C=O) groups excluding carboxylic acids is 1. The smallest absolute Gasteiger partial charge is 0.303 e. The lowest BCUT2D eigenvalue weighted by molar-refractivity contribution is -0.119. The standard InChI is InChI=1S/C14H19N5O3/c1-4-5-7-18-9(20)6-8-19-10-11(15-13(18)19)16(2)14(22)17(3)12(10)21/h4-8H2,1-3H3. The lowest BCUT2D eigenvalue weighted by Crippen LogP contribution is -2.40. The van der Waals surface area contributed by atoms with Crippen LogP contribution < -0.4 is 16.1 Å². The lowest BCUT2D eigenvalue weighted by atomic mass is 10.2. The molecule has 0 N–H and O–H groups in total. The summed E-state index contributed by atoms with van der Waals surface area (Å²) in [5, 5.41) is 0. The minimum Gasteiger partial charge on any atom is -0.303 e. The van der Waals surface area contributed by atoms with Crippen LogP contribution in [0.4, 0.5) is 5.95 Å². The van der Waals surface area contributed by atoms with Gasteiger partial charge in [0.1, 0.15) is 0 Å². The van der Waals surface area contributed by atoms with Crippen LogP contribution in [-0.2, 0) is 25.4 Å². The molecule has 0 aromatic carbocycles. The van der Waals surface area contributed by atoms with Crippen LogP contribution in [0.2, 0.25) is 0 Å². The molecular weight excluding hydrogens is 286 g/mol. The maximum atomic E-state index is 12.4. The van der Waals surface area contributed by atoms with Gasteiger partial charge < -0.3 is 4.57 Å². The van der Waals surface area contributed by atoms with Crippen molar-refractivity contribution in [1.82, 2.24) is 18.7 Å². The number of hydrogen-bond donors (Lipinski definition) is 0. The molecule has 1 aliphatic heterocycles. The molecule has 0 unspecified atom stereocenters. The van der Waals surface area contributed by atoms with Crippen LogP contribution in [-0.4, -0.2) is 31.1 Å². The SMILES string of the molecule is CCCCN1C(=O)CCn2c1nc1c2c(=O)n(C)c(=O)n1C. The van der Waals surface area contributed by atoms with Crippen LogP contribution >= 0.6 is 0 Å². The molecule has 8 heteroatoms. The van der Waals surface area contributed by atoms with E-state index in [2.05, 4.69) is 11.9 Å². The van der Waals surface area contributed by atoms with Crippen LogP contribution in [0.1, 0.15) is 26.2 Å². The normalized spacial score (nSPS) is 14.7. The van der Waals surface area contributed by atoms with Gasteiger partial charge in [0.25, 0.3) is 5.56 Å². The average molecular weight is 305 g/mol. The highest BCUT2D eigenvalue weighted by Crippen LogP contribution is 2.25. The molecule has 22 heavy (non-hydrogen) atoms. The zero-order chi connectivity index (χ0) is 16.0. The molecule has 0 bridgehead atoms. The maximum absolute atomic E-state index is 12.4. The van der Waals surface area contributed by atoms with E-state index in [4.69, 9.17) is 0 Å². The number of amides is 1. The van der Waals surface area contributed by atoms with E-state index in [1.165, 1.54) is 11.6 Å². The van der Waals surface area contributed by atoms with Crippen molar-refractivity contribution >= 4 is 23.0 Å². The molecule has 1 aliphatic rings. The summed E-state index contributed by atoms with van der Waals surface area (Å²) in [5.74, 6) is 0.482. The zero-order valence-corrected chi connectivity index (χ0v) is 13.0. The van der Waals surface area contributed by atoms with Gasteiger partial charge in [-0.1, -0.05) is 13.3 Å². The number of unbranched alkanes of at least 4 members (excludes halogenated alkanes) is 1. The quantitative estimate of drug-likeness (QED) is 0.797. The van der Waals surface area contributed by atoms with Crippen LogP contribution in [0.3, 0.4) is 0 Å². The van der Waals surface area contributed by atoms with E-state index in [1.807, 2.05) is 0 Å². The summed E-state index contributed by atoms with van der Waals surface area (Å²) >= 11 is 0. The van der Waals surface area contributed by atoms with Gasteiger partial charge in [0.15, 0.2) is 11.2 Å². The van der Waals surface area contributed by atoms with Crippen LogP contribution in [0.5, 0.6) is 0 Å². The molecule has 2 aromatic heterocycles. The molecule has 0 saturated heterocycles. The van der Waals surface area contributed by atoms with E-state index in [0.717, 1.165) is 17.4 Å². The molecule has 0 fully saturated rings. The fraction of sp³-hybridized carbons (Fsp3) is 0.571. The number of nitrogens with zero attached hydrogens (tertiary/aromatic N) is 5. The molecule has 0 atom stereocenters. The number of fused-ring (bicyclic) bond motifs is 3. The Hall–Kier alpha value is -2.38. The van der Waals surface area contributed by atoms with Gasteiger partial charge in [-0.05, 0) is 6.42 Å². The Bertz CT molecular complexity index is 873. The fourth-order valence-electron chi connectivity index (χ4n) is 2.85. The van der Waals surface area contributed by atoms with Crippen molar-refractivity contribution in [1.29, 1.82) is 0 Å². The summed E-state index contributed by atoms with van der Waals surface area (Å²) in [6, 6.07) is 0. The molecule has 0 radical (unpaired) electrons.